The molecule has 45 heavy (non-hydrogen) atoms. The van der Waals surface area contributed by atoms with E-state index < -0.39 is 0 Å². The Kier molecular flexibility index (Phi) is 9.99. The van der Waals surface area contributed by atoms with Crippen molar-refractivity contribution < 1.29 is 4.79 Å². The number of para-hydroxylation sites is 1. The van der Waals surface area contributed by atoms with Crippen LogP contribution in [0.25, 0.3) is 11.0 Å². The van der Waals surface area contributed by atoms with Crippen LogP contribution >= 0.6 is 23.2 Å². The second kappa shape index (κ2) is 14.5. The number of imidazole rings is 1. The average molecular weight is 642 g/mol. The predicted octanol–water partition coefficient (Wildman–Crippen LogP) is 7.68. The molecule has 1 atom stereocenters. The predicted molar refractivity (Wildman–Crippen MR) is 183 cm³/mol. The molecule has 5 aromatic rings. The number of nitrogens with one attached hydrogen (secondary N) is 2. The molecule has 0 saturated carbocycles. The van der Waals surface area contributed by atoms with E-state index in [1.807, 2.05) is 72.7 Å². The van der Waals surface area contributed by atoms with Crippen LogP contribution in [0.5, 0.6) is 0 Å². The summed E-state index contributed by atoms with van der Waals surface area (Å²) in [6, 6.07) is 26.0. The molecule has 0 aliphatic carbocycles. The van der Waals surface area contributed by atoms with Gasteiger partial charge in [0.1, 0.15) is 0 Å². The van der Waals surface area contributed by atoms with Crippen LogP contribution < -0.4 is 5.32 Å². The fraction of sp³-hybridized carbons (Fsp3) is 0.306. The topological polar surface area (TPSA) is 77.2 Å². The quantitative estimate of drug-likeness (QED) is 0.155. The van der Waals surface area contributed by atoms with Gasteiger partial charge in [-0.05, 0) is 78.9 Å². The SMILES string of the molecule is CN(CC(CCN1CCC(Nc2nc3c(Cc4cccnc4)cccc3[nH]2)CC1)c1ccc(Cl)c(Cl)c1)C(=O)c1ccccc1. The molecule has 2 aromatic heterocycles. The maximum absolute atomic E-state index is 13.1. The number of fused-ring (bicyclic) bond motifs is 1. The highest BCUT2D eigenvalue weighted by atomic mass is 35.5. The number of benzene rings is 3. The molecule has 1 aliphatic heterocycles. The Labute approximate surface area is 274 Å². The number of amides is 1. The summed E-state index contributed by atoms with van der Waals surface area (Å²) in [5.41, 5.74) is 6.20. The second-order valence-electron chi connectivity index (χ2n) is 11.9. The van der Waals surface area contributed by atoms with Gasteiger partial charge >= 0.3 is 0 Å². The Morgan fingerprint density at radius 2 is 1.84 bits per heavy atom. The molecule has 1 amide bonds. The van der Waals surface area contributed by atoms with E-state index in [-0.39, 0.29) is 11.8 Å². The zero-order valence-electron chi connectivity index (χ0n) is 25.4. The number of likely N-dealkylation sites (N-methyl/N-ethyl adjacent to an activating group) is 1. The summed E-state index contributed by atoms with van der Waals surface area (Å²) in [5, 5.41) is 4.74. The Balaban J connectivity index is 1.05. The monoisotopic (exact) mass is 640 g/mol. The number of carbonyl (C=O) groups is 1. The fourth-order valence-electron chi connectivity index (χ4n) is 6.20. The number of rotatable bonds is 11. The molecule has 0 spiro atoms. The number of hydrogen-bond acceptors (Lipinski definition) is 5. The van der Waals surface area contributed by atoms with Gasteiger partial charge in [-0.3, -0.25) is 9.78 Å². The third kappa shape index (κ3) is 7.85. The summed E-state index contributed by atoms with van der Waals surface area (Å²) in [6.07, 6.45) is 7.48. The van der Waals surface area contributed by atoms with Crippen molar-refractivity contribution in [3.63, 3.8) is 0 Å². The third-order valence-electron chi connectivity index (χ3n) is 8.71. The number of piperidine rings is 1. The van der Waals surface area contributed by atoms with Gasteiger partial charge < -0.3 is 20.1 Å². The number of carbonyl (C=O) groups excluding carboxylic acids is 1. The highest BCUT2D eigenvalue weighted by Gasteiger charge is 2.24. The highest BCUT2D eigenvalue weighted by Crippen LogP contribution is 2.30. The molecule has 1 unspecified atom stereocenters. The Bertz CT molecular complexity index is 1720. The Morgan fingerprint density at radius 1 is 1.02 bits per heavy atom. The number of H-pyrrole nitrogens is 1. The number of likely N-dealkylation sites (tertiary alicyclic amines) is 1. The van der Waals surface area contributed by atoms with Gasteiger partial charge in [-0.2, -0.15) is 0 Å². The van der Waals surface area contributed by atoms with Crippen LogP contribution in [0, 0.1) is 0 Å². The summed E-state index contributed by atoms with van der Waals surface area (Å²) in [5.74, 6) is 0.972. The largest absolute Gasteiger partial charge is 0.353 e. The van der Waals surface area contributed by atoms with Gasteiger partial charge in [-0.15, -0.1) is 0 Å². The van der Waals surface area contributed by atoms with Crippen LogP contribution in [-0.4, -0.2) is 69.9 Å². The van der Waals surface area contributed by atoms with Crippen LogP contribution in [0.15, 0.2) is 91.3 Å². The standard InChI is InChI=1S/C36H38Cl2N6O/c1-43(35(45)26-8-3-2-4-9-26)24-29(27-12-13-31(37)32(38)22-27)14-18-44-19-15-30(16-20-44)40-36-41-33-11-5-10-28(34(33)42-36)21-25-7-6-17-39-23-25/h2-13,17,22-23,29-30H,14-16,18-21,24H2,1H3,(H2,40,41,42). The summed E-state index contributed by atoms with van der Waals surface area (Å²) in [7, 11) is 1.87. The zero-order valence-corrected chi connectivity index (χ0v) is 26.9. The third-order valence-corrected chi connectivity index (χ3v) is 9.45. The first-order valence-electron chi connectivity index (χ1n) is 15.5. The van der Waals surface area contributed by atoms with Gasteiger partial charge in [-0.25, -0.2) is 4.98 Å². The van der Waals surface area contributed by atoms with Crippen molar-refractivity contribution in [2.75, 3.05) is 38.5 Å². The molecule has 1 fully saturated rings. The van der Waals surface area contributed by atoms with E-state index in [9.17, 15) is 4.79 Å². The molecule has 3 heterocycles. The van der Waals surface area contributed by atoms with Crippen LogP contribution in [-0.2, 0) is 6.42 Å². The Hall–Kier alpha value is -3.91. The summed E-state index contributed by atoms with van der Waals surface area (Å²) in [6.45, 7) is 3.53. The molecule has 7 nitrogen and oxygen atoms in total. The number of halogens is 2. The smallest absolute Gasteiger partial charge is 0.253 e. The van der Waals surface area contributed by atoms with Crippen molar-refractivity contribution in [2.24, 2.45) is 0 Å². The first-order chi connectivity index (χ1) is 21.9. The molecule has 2 N–H and O–H groups in total. The maximum atomic E-state index is 13.1. The van der Waals surface area contributed by atoms with E-state index in [0.717, 1.165) is 67.9 Å². The Morgan fingerprint density at radius 3 is 2.60 bits per heavy atom. The molecule has 6 rings (SSSR count). The lowest BCUT2D eigenvalue weighted by atomic mass is 9.94. The number of pyridine rings is 1. The van der Waals surface area contributed by atoms with E-state index in [1.54, 1.807) is 6.20 Å². The fourth-order valence-corrected chi connectivity index (χ4v) is 6.51. The van der Waals surface area contributed by atoms with Gasteiger partial charge in [0.25, 0.3) is 5.91 Å². The van der Waals surface area contributed by atoms with E-state index in [1.165, 1.54) is 11.1 Å². The van der Waals surface area contributed by atoms with E-state index in [0.29, 0.717) is 28.2 Å². The number of anilines is 1. The molecule has 3 aromatic carbocycles. The van der Waals surface area contributed by atoms with Crippen molar-refractivity contribution in [2.45, 2.75) is 37.6 Å². The van der Waals surface area contributed by atoms with Crippen molar-refractivity contribution >= 4 is 46.1 Å². The van der Waals surface area contributed by atoms with Gasteiger partial charge in [0.05, 0.1) is 21.1 Å². The minimum atomic E-state index is 0.0160. The summed E-state index contributed by atoms with van der Waals surface area (Å²) in [4.78, 5) is 30.1. The second-order valence-corrected chi connectivity index (χ2v) is 12.7. The van der Waals surface area contributed by atoms with Crippen LogP contribution in [0.2, 0.25) is 10.0 Å². The van der Waals surface area contributed by atoms with Crippen LogP contribution in [0.4, 0.5) is 5.95 Å². The maximum Gasteiger partial charge on any atom is 0.253 e. The van der Waals surface area contributed by atoms with E-state index in [4.69, 9.17) is 28.2 Å². The van der Waals surface area contributed by atoms with Crippen molar-refractivity contribution in [1.29, 1.82) is 0 Å². The summed E-state index contributed by atoms with van der Waals surface area (Å²) < 4.78 is 0. The van der Waals surface area contributed by atoms with E-state index in [2.05, 4.69) is 44.5 Å². The first-order valence-corrected chi connectivity index (χ1v) is 16.3. The molecular weight excluding hydrogens is 603 g/mol. The number of aromatic amines is 1. The normalized spacial score (nSPS) is 14.8. The van der Waals surface area contributed by atoms with Crippen molar-refractivity contribution in [3.8, 4) is 0 Å². The van der Waals surface area contributed by atoms with Gasteiger partial charge in [0.2, 0.25) is 5.95 Å². The molecule has 9 heteroatoms. The van der Waals surface area contributed by atoms with Crippen LogP contribution in [0.3, 0.4) is 0 Å². The van der Waals surface area contributed by atoms with Gasteiger partial charge in [-0.1, -0.05) is 65.7 Å². The molecule has 0 bridgehead atoms. The lowest BCUT2D eigenvalue weighted by molar-refractivity contribution is 0.0782. The van der Waals surface area contributed by atoms with E-state index >= 15 is 0 Å². The van der Waals surface area contributed by atoms with Gasteiger partial charge in [0, 0.05) is 63.0 Å². The van der Waals surface area contributed by atoms with Crippen molar-refractivity contribution in [3.05, 3.63) is 124 Å². The minimum absolute atomic E-state index is 0.0160. The lowest BCUT2D eigenvalue weighted by Crippen LogP contribution is -2.40. The molecular formula is C36H38Cl2N6O. The highest BCUT2D eigenvalue weighted by molar-refractivity contribution is 6.42. The van der Waals surface area contributed by atoms with Crippen molar-refractivity contribution in [1.82, 2.24) is 24.8 Å². The molecule has 0 radical (unpaired) electrons. The number of nitrogens with zero attached hydrogens (tertiary/aromatic N) is 4. The zero-order chi connectivity index (χ0) is 31.2. The molecule has 232 valence electrons. The minimum Gasteiger partial charge on any atom is -0.353 e. The lowest BCUT2D eigenvalue weighted by Gasteiger charge is -2.34. The summed E-state index contributed by atoms with van der Waals surface area (Å²) >= 11 is 12.7. The van der Waals surface area contributed by atoms with Gasteiger partial charge in [0.15, 0.2) is 0 Å². The average Bonchev–Trinajstić information content (AvgIpc) is 3.49. The number of hydrogen-bond donors (Lipinski definition) is 2. The van der Waals surface area contributed by atoms with Crippen LogP contribution in [0.1, 0.15) is 52.2 Å². The molecule has 1 aliphatic rings. The number of aromatic nitrogens is 3. The first kappa shape index (κ1) is 31.1. The molecule has 1 saturated heterocycles.